The molecule has 1 aliphatic rings. The SMILES string of the molecule is Cc1nnc(CN2CCCC(C)C2CN)n1C. The van der Waals surface area contributed by atoms with E-state index >= 15 is 0 Å². The van der Waals surface area contributed by atoms with Crippen LogP contribution in [0.15, 0.2) is 0 Å². The summed E-state index contributed by atoms with van der Waals surface area (Å²) >= 11 is 0. The first-order valence-corrected chi connectivity index (χ1v) is 6.42. The molecule has 1 aromatic rings. The Bertz CT molecular complexity index is 373. The number of aryl methyl sites for hydroxylation is 1. The predicted molar refractivity (Wildman–Crippen MR) is 67.4 cm³/mol. The lowest BCUT2D eigenvalue weighted by atomic mass is 9.91. The van der Waals surface area contributed by atoms with Crippen molar-refractivity contribution in [2.75, 3.05) is 13.1 Å². The summed E-state index contributed by atoms with van der Waals surface area (Å²) in [4.78, 5) is 2.46. The van der Waals surface area contributed by atoms with E-state index < -0.39 is 0 Å². The third-order valence-electron chi connectivity index (χ3n) is 4.00. The largest absolute Gasteiger partial charge is 0.329 e. The zero-order valence-corrected chi connectivity index (χ0v) is 11.1. The molecule has 2 heterocycles. The fourth-order valence-electron chi connectivity index (χ4n) is 2.68. The van der Waals surface area contributed by atoms with Gasteiger partial charge in [0.1, 0.15) is 11.6 Å². The molecule has 0 saturated carbocycles. The van der Waals surface area contributed by atoms with Gasteiger partial charge < -0.3 is 10.3 Å². The smallest absolute Gasteiger partial charge is 0.146 e. The van der Waals surface area contributed by atoms with Gasteiger partial charge in [0.25, 0.3) is 0 Å². The molecule has 1 aliphatic heterocycles. The fourth-order valence-corrected chi connectivity index (χ4v) is 2.68. The third-order valence-corrected chi connectivity index (χ3v) is 4.00. The zero-order valence-electron chi connectivity index (χ0n) is 11.1. The van der Waals surface area contributed by atoms with Gasteiger partial charge in [-0.25, -0.2) is 0 Å². The molecule has 5 nitrogen and oxygen atoms in total. The molecule has 0 amide bonds. The Kier molecular flexibility index (Phi) is 3.79. The van der Waals surface area contributed by atoms with Crippen LogP contribution in [0, 0.1) is 12.8 Å². The van der Waals surface area contributed by atoms with Crippen LogP contribution in [0.4, 0.5) is 0 Å². The predicted octanol–water partition coefficient (Wildman–Crippen LogP) is 0.683. The van der Waals surface area contributed by atoms with Gasteiger partial charge in [-0.2, -0.15) is 0 Å². The van der Waals surface area contributed by atoms with Gasteiger partial charge in [0.05, 0.1) is 6.54 Å². The Hall–Kier alpha value is -0.940. The normalized spacial score (nSPS) is 26.4. The molecule has 0 spiro atoms. The van der Waals surface area contributed by atoms with Gasteiger partial charge in [0, 0.05) is 19.6 Å². The highest BCUT2D eigenvalue weighted by Crippen LogP contribution is 2.23. The van der Waals surface area contributed by atoms with E-state index in [1.54, 1.807) is 0 Å². The summed E-state index contributed by atoms with van der Waals surface area (Å²) in [7, 11) is 2.02. The van der Waals surface area contributed by atoms with E-state index in [1.807, 2.05) is 14.0 Å². The van der Waals surface area contributed by atoms with Crippen LogP contribution >= 0.6 is 0 Å². The van der Waals surface area contributed by atoms with Crippen LogP contribution in [-0.4, -0.2) is 38.8 Å². The number of hydrogen-bond donors (Lipinski definition) is 1. The van der Waals surface area contributed by atoms with Gasteiger partial charge in [-0.15, -0.1) is 10.2 Å². The second kappa shape index (κ2) is 5.14. The maximum absolute atomic E-state index is 5.90. The van der Waals surface area contributed by atoms with E-state index in [-0.39, 0.29) is 0 Å². The van der Waals surface area contributed by atoms with Gasteiger partial charge in [-0.3, -0.25) is 4.90 Å². The molecule has 2 N–H and O–H groups in total. The first-order valence-electron chi connectivity index (χ1n) is 6.42. The van der Waals surface area contributed by atoms with E-state index in [2.05, 4.69) is 26.6 Å². The quantitative estimate of drug-likeness (QED) is 0.840. The molecule has 1 fully saturated rings. The van der Waals surface area contributed by atoms with Crippen LogP contribution < -0.4 is 5.73 Å². The summed E-state index contributed by atoms with van der Waals surface area (Å²) in [6.45, 7) is 7.00. The summed E-state index contributed by atoms with van der Waals surface area (Å²) in [6, 6.07) is 0.487. The monoisotopic (exact) mass is 237 g/mol. The third kappa shape index (κ3) is 2.50. The molecule has 0 bridgehead atoms. The Labute approximate surface area is 103 Å². The summed E-state index contributed by atoms with van der Waals surface area (Å²) in [5, 5.41) is 8.34. The number of nitrogens with zero attached hydrogens (tertiary/aromatic N) is 4. The number of piperidine rings is 1. The topological polar surface area (TPSA) is 60.0 Å². The molecule has 2 unspecified atom stereocenters. The number of rotatable bonds is 3. The van der Waals surface area contributed by atoms with Gasteiger partial charge in [0.15, 0.2) is 0 Å². The average Bonchev–Trinajstić information content (AvgIpc) is 2.61. The lowest BCUT2D eigenvalue weighted by Crippen LogP contribution is -2.48. The second-order valence-electron chi connectivity index (χ2n) is 5.12. The molecule has 1 aromatic heterocycles. The highest BCUT2D eigenvalue weighted by molar-refractivity contribution is 4.94. The minimum absolute atomic E-state index is 0.487. The van der Waals surface area contributed by atoms with Crippen molar-refractivity contribution in [3.63, 3.8) is 0 Å². The van der Waals surface area contributed by atoms with Crippen LogP contribution in [-0.2, 0) is 13.6 Å². The standard InChI is InChI=1S/C12H23N5/c1-9-5-4-6-17(11(9)7-13)8-12-15-14-10(2)16(12)3/h9,11H,4-8,13H2,1-3H3. The van der Waals surface area contributed by atoms with Crippen molar-refractivity contribution < 1.29 is 0 Å². The molecule has 0 radical (unpaired) electrons. The van der Waals surface area contributed by atoms with Crippen molar-refractivity contribution in [2.24, 2.45) is 18.7 Å². The van der Waals surface area contributed by atoms with E-state index in [1.165, 1.54) is 12.8 Å². The molecule has 2 rings (SSSR count). The van der Waals surface area contributed by atoms with Gasteiger partial charge in [-0.05, 0) is 32.2 Å². The van der Waals surface area contributed by atoms with E-state index in [0.717, 1.165) is 31.3 Å². The molecule has 96 valence electrons. The molecule has 1 saturated heterocycles. The van der Waals surface area contributed by atoms with Crippen LogP contribution in [0.2, 0.25) is 0 Å². The van der Waals surface area contributed by atoms with E-state index in [9.17, 15) is 0 Å². The second-order valence-corrected chi connectivity index (χ2v) is 5.12. The maximum Gasteiger partial charge on any atom is 0.146 e. The van der Waals surface area contributed by atoms with Crippen molar-refractivity contribution in [2.45, 2.75) is 39.3 Å². The van der Waals surface area contributed by atoms with Crippen molar-refractivity contribution in [3.05, 3.63) is 11.6 Å². The summed E-state index contributed by atoms with van der Waals surface area (Å²) in [6.07, 6.45) is 2.55. The highest BCUT2D eigenvalue weighted by Gasteiger charge is 2.28. The minimum Gasteiger partial charge on any atom is -0.329 e. The van der Waals surface area contributed by atoms with Crippen LogP contribution in [0.25, 0.3) is 0 Å². The minimum atomic E-state index is 0.487. The molecule has 0 aromatic carbocycles. The van der Waals surface area contributed by atoms with Crippen LogP contribution in [0.1, 0.15) is 31.4 Å². The van der Waals surface area contributed by atoms with Gasteiger partial charge in [0.2, 0.25) is 0 Å². The number of hydrogen-bond acceptors (Lipinski definition) is 4. The average molecular weight is 237 g/mol. The molecule has 5 heteroatoms. The van der Waals surface area contributed by atoms with Crippen molar-refractivity contribution >= 4 is 0 Å². The Morgan fingerprint density at radius 1 is 1.41 bits per heavy atom. The summed E-state index contributed by atoms with van der Waals surface area (Å²) in [5.74, 6) is 2.69. The Morgan fingerprint density at radius 2 is 2.18 bits per heavy atom. The van der Waals surface area contributed by atoms with E-state index in [4.69, 9.17) is 5.73 Å². The summed E-state index contributed by atoms with van der Waals surface area (Å²) < 4.78 is 2.06. The Morgan fingerprint density at radius 3 is 2.76 bits per heavy atom. The fraction of sp³-hybridized carbons (Fsp3) is 0.833. The number of aromatic nitrogens is 3. The lowest BCUT2D eigenvalue weighted by molar-refractivity contribution is 0.0953. The summed E-state index contributed by atoms with van der Waals surface area (Å²) in [5.41, 5.74) is 5.90. The van der Waals surface area contributed by atoms with Crippen molar-refractivity contribution in [3.8, 4) is 0 Å². The molecule has 0 aliphatic carbocycles. The molecular formula is C12H23N5. The first-order chi connectivity index (χ1) is 8.13. The number of likely N-dealkylation sites (tertiary alicyclic amines) is 1. The van der Waals surface area contributed by atoms with Gasteiger partial charge in [-0.1, -0.05) is 6.92 Å². The van der Waals surface area contributed by atoms with Gasteiger partial charge >= 0.3 is 0 Å². The lowest BCUT2D eigenvalue weighted by Gasteiger charge is -2.39. The number of nitrogens with two attached hydrogens (primary N) is 1. The molecule has 2 atom stereocenters. The zero-order chi connectivity index (χ0) is 12.4. The van der Waals surface area contributed by atoms with E-state index in [0.29, 0.717) is 12.0 Å². The van der Waals surface area contributed by atoms with Crippen LogP contribution in [0.3, 0.4) is 0 Å². The van der Waals surface area contributed by atoms with Crippen molar-refractivity contribution in [1.82, 2.24) is 19.7 Å². The molecular weight excluding hydrogens is 214 g/mol. The maximum atomic E-state index is 5.90. The highest BCUT2D eigenvalue weighted by atomic mass is 15.3. The van der Waals surface area contributed by atoms with Crippen LogP contribution in [0.5, 0.6) is 0 Å². The first kappa shape index (κ1) is 12.5. The molecule has 17 heavy (non-hydrogen) atoms. The van der Waals surface area contributed by atoms with Crippen molar-refractivity contribution in [1.29, 1.82) is 0 Å². The Balaban J connectivity index is 2.09.